The van der Waals surface area contributed by atoms with Gasteiger partial charge in [-0.25, -0.2) is 13.9 Å². The molecule has 0 aromatic heterocycles. The molecule has 0 atom stereocenters. The van der Waals surface area contributed by atoms with Crippen molar-refractivity contribution in [3.8, 4) is 0 Å². The van der Waals surface area contributed by atoms with Gasteiger partial charge < -0.3 is 0 Å². The van der Waals surface area contributed by atoms with E-state index in [0.717, 1.165) is 19.7 Å². The lowest BCUT2D eigenvalue weighted by Crippen LogP contribution is -2.31. The van der Waals surface area contributed by atoms with Crippen LogP contribution in [0.15, 0.2) is 81.4 Å². The molecular weight excluding hydrogens is 420 g/mol. The highest BCUT2D eigenvalue weighted by molar-refractivity contribution is 7.99. The van der Waals surface area contributed by atoms with Crippen LogP contribution in [-0.4, -0.2) is 26.6 Å². The molecule has 0 radical (unpaired) electrons. The Morgan fingerprint density at radius 2 is 1.57 bits per heavy atom. The maximum Gasteiger partial charge on any atom is 0.276 e. The first-order chi connectivity index (χ1) is 14.2. The molecule has 0 spiro atoms. The number of hydroxylamine groups is 1. The molecule has 0 fully saturated rings. The molecule has 0 aliphatic carbocycles. The minimum absolute atomic E-state index is 0.0809. The van der Waals surface area contributed by atoms with Crippen LogP contribution in [0.3, 0.4) is 0 Å². The summed E-state index contributed by atoms with van der Waals surface area (Å²) in [7, 11) is -2.52. The number of aryl methyl sites for hydroxylation is 2. The summed E-state index contributed by atoms with van der Waals surface area (Å²) in [5.41, 5.74) is 3.28. The van der Waals surface area contributed by atoms with Gasteiger partial charge in [-0.05, 0) is 67.4 Å². The van der Waals surface area contributed by atoms with Crippen LogP contribution in [0.25, 0.3) is 0 Å². The Balaban J connectivity index is 1.95. The summed E-state index contributed by atoms with van der Waals surface area (Å²) in [6.45, 7) is 3.52. The monoisotopic (exact) mass is 442 g/mol. The minimum atomic E-state index is -3.92. The predicted octanol–water partition coefficient (Wildman–Crippen LogP) is 4.40. The SMILES string of the molecule is Cc1cc(C)c(N(C)S(=O)(=O)c2ccc(Sc3ccccc3)cc2)c(C(=O)NO)c1. The largest absolute Gasteiger partial charge is 0.288 e. The van der Waals surface area contributed by atoms with Crippen LogP contribution in [0, 0.1) is 13.8 Å². The zero-order chi connectivity index (χ0) is 21.9. The second-order valence-corrected chi connectivity index (χ2v) is 9.89. The molecule has 0 bridgehead atoms. The highest BCUT2D eigenvalue weighted by atomic mass is 32.2. The van der Waals surface area contributed by atoms with E-state index in [1.165, 1.54) is 18.8 Å². The van der Waals surface area contributed by atoms with Crippen LogP contribution in [-0.2, 0) is 10.0 Å². The van der Waals surface area contributed by atoms with Gasteiger partial charge in [0, 0.05) is 16.8 Å². The van der Waals surface area contributed by atoms with Crippen molar-refractivity contribution in [3.05, 3.63) is 83.4 Å². The minimum Gasteiger partial charge on any atom is -0.288 e. The molecule has 0 heterocycles. The van der Waals surface area contributed by atoms with Crippen molar-refractivity contribution in [1.82, 2.24) is 5.48 Å². The van der Waals surface area contributed by atoms with E-state index in [-0.39, 0.29) is 16.1 Å². The van der Waals surface area contributed by atoms with E-state index in [9.17, 15) is 13.2 Å². The zero-order valence-corrected chi connectivity index (χ0v) is 18.4. The van der Waals surface area contributed by atoms with Crippen molar-refractivity contribution >= 4 is 33.4 Å². The second-order valence-electron chi connectivity index (χ2n) is 6.78. The molecule has 156 valence electrons. The lowest BCUT2D eigenvalue weighted by Gasteiger charge is -2.24. The van der Waals surface area contributed by atoms with Crippen LogP contribution in [0.1, 0.15) is 21.5 Å². The summed E-state index contributed by atoms with van der Waals surface area (Å²) in [5, 5.41) is 9.08. The molecule has 0 saturated carbocycles. The van der Waals surface area contributed by atoms with E-state index in [1.807, 2.05) is 30.3 Å². The Labute approximate surface area is 180 Å². The summed E-state index contributed by atoms with van der Waals surface area (Å²) < 4.78 is 27.5. The van der Waals surface area contributed by atoms with Gasteiger partial charge in [-0.1, -0.05) is 36.0 Å². The van der Waals surface area contributed by atoms with Crippen LogP contribution < -0.4 is 9.79 Å². The van der Waals surface area contributed by atoms with E-state index in [0.29, 0.717) is 5.56 Å². The molecule has 0 aliphatic heterocycles. The van der Waals surface area contributed by atoms with E-state index in [1.54, 1.807) is 55.7 Å². The molecule has 0 saturated heterocycles. The maximum atomic E-state index is 13.2. The fraction of sp³-hybridized carbons (Fsp3) is 0.136. The standard InChI is InChI=1S/C22H22N2O4S2/c1-15-13-16(2)21(20(14-15)22(25)23-26)24(3)30(27,28)19-11-9-18(10-12-19)29-17-7-5-4-6-8-17/h4-14,26H,1-3H3,(H,23,25). The molecule has 0 unspecified atom stereocenters. The Kier molecular flexibility index (Phi) is 6.50. The number of carbonyl (C=O) groups excluding carboxylic acids is 1. The highest BCUT2D eigenvalue weighted by Gasteiger charge is 2.27. The molecular formula is C22H22N2O4S2. The molecule has 6 nitrogen and oxygen atoms in total. The molecule has 3 aromatic rings. The van der Waals surface area contributed by atoms with Gasteiger partial charge in [0.2, 0.25) is 0 Å². The van der Waals surface area contributed by atoms with Gasteiger partial charge in [-0.2, -0.15) is 0 Å². The van der Waals surface area contributed by atoms with Gasteiger partial charge in [0.05, 0.1) is 16.1 Å². The summed E-state index contributed by atoms with van der Waals surface area (Å²) in [5.74, 6) is -0.770. The van der Waals surface area contributed by atoms with Crippen LogP contribution >= 0.6 is 11.8 Å². The normalized spacial score (nSPS) is 11.2. The Bertz CT molecular complexity index is 1160. The van der Waals surface area contributed by atoms with E-state index < -0.39 is 15.9 Å². The summed E-state index contributed by atoms with van der Waals surface area (Å²) in [6, 6.07) is 19.7. The lowest BCUT2D eigenvalue weighted by molar-refractivity contribution is 0.0707. The number of rotatable bonds is 6. The fourth-order valence-electron chi connectivity index (χ4n) is 3.19. The van der Waals surface area contributed by atoms with Crippen LogP contribution in [0.2, 0.25) is 0 Å². The third-order valence-electron chi connectivity index (χ3n) is 4.57. The summed E-state index contributed by atoms with van der Waals surface area (Å²) >= 11 is 1.54. The number of carbonyl (C=O) groups is 1. The smallest absolute Gasteiger partial charge is 0.276 e. The number of nitrogens with zero attached hydrogens (tertiary/aromatic N) is 1. The average molecular weight is 443 g/mol. The Morgan fingerprint density at radius 1 is 0.967 bits per heavy atom. The van der Waals surface area contributed by atoms with Gasteiger partial charge in [-0.15, -0.1) is 0 Å². The first kappa shape index (κ1) is 21.9. The number of hydrogen-bond acceptors (Lipinski definition) is 5. The second kappa shape index (κ2) is 8.91. The molecule has 1 amide bonds. The zero-order valence-electron chi connectivity index (χ0n) is 16.8. The number of benzene rings is 3. The van der Waals surface area contributed by atoms with Crippen LogP contribution in [0.5, 0.6) is 0 Å². The van der Waals surface area contributed by atoms with Gasteiger partial charge in [0.15, 0.2) is 0 Å². The van der Waals surface area contributed by atoms with Crippen molar-refractivity contribution in [3.63, 3.8) is 0 Å². The molecule has 3 aromatic carbocycles. The summed E-state index contributed by atoms with van der Waals surface area (Å²) in [4.78, 5) is 14.2. The summed E-state index contributed by atoms with van der Waals surface area (Å²) in [6.07, 6.45) is 0. The van der Waals surface area contributed by atoms with Crippen molar-refractivity contribution in [2.45, 2.75) is 28.5 Å². The third-order valence-corrected chi connectivity index (χ3v) is 7.35. The molecule has 30 heavy (non-hydrogen) atoms. The van der Waals surface area contributed by atoms with E-state index in [2.05, 4.69) is 0 Å². The highest BCUT2D eigenvalue weighted by Crippen LogP contribution is 2.32. The molecule has 8 heteroatoms. The van der Waals surface area contributed by atoms with E-state index in [4.69, 9.17) is 5.21 Å². The van der Waals surface area contributed by atoms with Crippen molar-refractivity contribution < 1.29 is 18.4 Å². The van der Waals surface area contributed by atoms with Gasteiger partial charge in [0.25, 0.3) is 15.9 Å². The topological polar surface area (TPSA) is 86.7 Å². The number of hydrogen-bond donors (Lipinski definition) is 2. The quantitative estimate of drug-likeness (QED) is 0.437. The molecule has 0 aliphatic rings. The third kappa shape index (κ3) is 4.51. The average Bonchev–Trinajstić information content (AvgIpc) is 2.73. The van der Waals surface area contributed by atoms with Crippen molar-refractivity contribution in [2.24, 2.45) is 0 Å². The fourth-order valence-corrected chi connectivity index (χ4v) is 5.31. The van der Waals surface area contributed by atoms with Gasteiger partial charge in [-0.3, -0.25) is 14.3 Å². The maximum absolute atomic E-state index is 13.2. The van der Waals surface area contributed by atoms with Gasteiger partial charge in [0.1, 0.15) is 0 Å². The first-order valence-electron chi connectivity index (χ1n) is 9.11. The van der Waals surface area contributed by atoms with Crippen LogP contribution in [0.4, 0.5) is 5.69 Å². The number of sulfonamides is 1. The Hall–Kier alpha value is -2.81. The van der Waals surface area contributed by atoms with E-state index >= 15 is 0 Å². The molecule has 3 rings (SSSR count). The number of nitrogens with one attached hydrogen (secondary N) is 1. The number of anilines is 1. The Morgan fingerprint density at radius 3 is 2.17 bits per heavy atom. The van der Waals surface area contributed by atoms with Crippen molar-refractivity contribution in [1.29, 1.82) is 0 Å². The first-order valence-corrected chi connectivity index (χ1v) is 11.4. The molecule has 2 N–H and O–H groups in total. The van der Waals surface area contributed by atoms with Gasteiger partial charge >= 0.3 is 0 Å². The predicted molar refractivity (Wildman–Crippen MR) is 118 cm³/mol. The van der Waals surface area contributed by atoms with Crippen molar-refractivity contribution in [2.75, 3.05) is 11.4 Å². The number of amides is 1. The lowest BCUT2D eigenvalue weighted by atomic mass is 10.0.